The molecule has 1 heteroatoms. The zero-order valence-electron chi connectivity index (χ0n) is 14.1. The zero-order valence-corrected chi connectivity index (χ0v) is 14.1. The van der Waals surface area contributed by atoms with Crippen molar-refractivity contribution in [3.8, 4) is 5.75 Å². The summed E-state index contributed by atoms with van der Waals surface area (Å²) >= 11 is 0. The fourth-order valence-electron chi connectivity index (χ4n) is 2.86. The quantitative estimate of drug-likeness (QED) is 0.523. The molecule has 3 aromatic rings. The Morgan fingerprint density at radius 2 is 1.57 bits per heavy atom. The summed E-state index contributed by atoms with van der Waals surface area (Å²) in [5.41, 5.74) is 2.55. The predicted octanol–water partition coefficient (Wildman–Crippen LogP) is 6.49. The van der Waals surface area contributed by atoms with Crippen molar-refractivity contribution in [2.24, 2.45) is 0 Å². The van der Waals surface area contributed by atoms with E-state index in [1.165, 1.54) is 21.9 Å². The Kier molecular flexibility index (Phi) is 4.66. The molecule has 2 unspecified atom stereocenters. The van der Waals surface area contributed by atoms with Gasteiger partial charge in [-0.15, -0.1) is 0 Å². The average molecular weight is 304 g/mol. The van der Waals surface area contributed by atoms with Crippen LogP contribution >= 0.6 is 0 Å². The molecule has 0 radical (unpaired) electrons. The summed E-state index contributed by atoms with van der Waals surface area (Å²) in [5.74, 6) is 1.51. The van der Waals surface area contributed by atoms with Gasteiger partial charge in [0.15, 0.2) is 0 Å². The van der Waals surface area contributed by atoms with Crippen molar-refractivity contribution < 1.29 is 4.74 Å². The summed E-state index contributed by atoms with van der Waals surface area (Å²) in [6.45, 7) is 6.59. The first kappa shape index (κ1) is 15.6. The molecule has 0 aliphatic heterocycles. The minimum absolute atomic E-state index is 0.0341. The smallest absolute Gasteiger partial charge is 0.121 e. The second-order valence-electron chi connectivity index (χ2n) is 6.25. The summed E-state index contributed by atoms with van der Waals surface area (Å²) in [6.07, 6.45) is 1.18. The highest BCUT2D eigenvalue weighted by molar-refractivity contribution is 5.83. The van der Waals surface area contributed by atoms with E-state index in [9.17, 15) is 0 Å². The predicted molar refractivity (Wildman–Crippen MR) is 98.1 cm³/mol. The van der Waals surface area contributed by atoms with E-state index < -0.39 is 0 Å². The Morgan fingerprint density at radius 3 is 2.35 bits per heavy atom. The Hall–Kier alpha value is -2.28. The highest BCUT2D eigenvalue weighted by Crippen LogP contribution is 2.28. The van der Waals surface area contributed by atoms with Crippen LogP contribution in [0.3, 0.4) is 0 Å². The van der Waals surface area contributed by atoms with Crippen molar-refractivity contribution in [3.05, 3.63) is 77.9 Å². The first-order chi connectivity index (χ1) is 11.2. The van der Waals surface area contributed by atoms with E-state index in [2.05, 4.69) is 81.4 Å². The highest BCUT2D eigenvalue weighted by atomic mass is 16.5. The minimum Gasteiger partial charge on any atom is -0.486 e. The van der Waals surface area contributed by atoms with Crippen molar-refractivity contribution >= 4 is 10.8 Å². The molecule has 0 fully saturated rings. The first-order valence-electron chi connectivity index (χ1n) is 8.42. The van der Waals surface area contributed by atoms with E-state index >= 15 is 0 Å². The third kappa shape index (κ3) is 3.56. The molecule has 0 saturated carbocycles. The molecule has 2 atom stereocenters. The van der Waals surface area contributed by atoms with Crippen LogP contribution in [0.5, 0.6) is 5.75 Å². The Bertz CT molecular complexity index is 791. The molecule has 23 heavy (non-hydrogen) atoms. The van der Waals surface area contributed by atoms with Crippen LogP contribution in [-0.4, -0.2) is 0 Å². The molecule has 0 spiro atoms. The van der Waals surface area contributed by atoms with Crippen molar-refractivity contribution in [2.45, 2.75) is 39.2 Å². The SMILES string of the molecule is CCC(C)c1cccc(OC(C)c2ccc3ccccc3c2)c1. The number of fused-ring (bicyclic) bond motifs is 1. The van der Waals surface area contributed by atoms with Gasteiger partial charge < -0.3 is 4.74 Å². The summed E-state index contributed by atoms with van der Waals surface area (Å²) < 4.78 is 6.18. The van der Waals surface area contributed by atoms with Crippen LogP contribution in [0.4, 0.5) is 0 Å². The van der Waals surface area contributed by atoms with Crippen molar-refractivity contribution in [1.29, 1.82) is 0 Å². The van der Waals surface area contributed by atoms with Crippen molar-refractivity contribution in [3.63, 3.8) is 0 Å². The molecular weight excluding hydrogens is 280 g/mol. The van der Waals surface area contributed by atoms with Gasteiger partial charge in [0.2, 0.25) is 0 Å². The van der Waals surface area contributed by atoms with E-state index in [1.54, 1.807) is 0 Å². The third-order valence-electron chi connectivity index (χ3n) is 4.60. The van der Waals surface area contributed by atoms with Gasteiger partial charge >= 0.3 is 0 Å². The Morgan fingerprint density at radius 1 is 0.783 bits per heavy atom. The van der Waals surface area contributed by atoms with E-state index in [0.29, 0.717) is 5.92 Å². The van der Waals surface area contributed by atoms with E-state index in [0.717, 1.165) is 12.2 Å². The molecule has 1 nitrogen and oxygen atoms in total. The molecule has 0 N–H and O–H groups in total. The molecule has 0 saturated heterocycles. The maximum Gasteiger partial charge on any atom is 0.121 e. The fraction of sp³-hybridized carbons (Fsp3) is 0.273. The van der Waals surface area contributed by atoms with Gasteiger partial charge in [-0.25, -0.2) is 0 Å². The van der Waals surface area contributed by atoms with E-state index in [4.69, 9.17) is 4.74 Å². The van der Waals surface area contributed by atoms with Gasteiger partial charge in [-0.2, -0.15) is 0 Å². The van der Waals surface area contributed by atoms with Crippen molar-refractivity contribution in [1.82, 2.24) is 0 Å². The number of hydrogen-bond acceptors (Lipinski definition) is 1. The van der Waals surface area contributed by atoms with Gasteiger partial charge in [0.1, 0.15) is 11.9 Å². The highest BCUT2D eigenvalue weighted by Gasteiger charge is 2.10. The summed E-state index contributed by atoms with van der Waals surface area (Å²) in [7, 11) is 0. The van der Waals surface area contributed by atoms with Gasteiger partial charge in [-0.05, 0) is 59.4 Å². The topological polar surface area (TPSA) is 9.23 Å². The lowest BCUT2D eigenvalue weighted by Crippen LogP contribution is -2.03. The lowest BCUT2D eigenvalue weighted by Gasteiger charge is -2.17. The van der Waals surface area contributed by atoms with Gasteiger partial charge in [0.25, 0.3) is 0 Å². The molecule has 0 bridgehead atoms. The molecule has 0 aliphatic carbocycles. The molecule has 0 heterocycles. The van der Waals surface area contributed by atoms with Gasteiger partial charge in [0.05, 0.1) is 0 Å². The maximum absolute atomic E-state index is 6.18. The zero-order chi connectivity index (χ0) is 16.2. The standard InChI is InChI=1S/C22H24O/c1-4-16(2)19-10-7-11-22(15-19)23-17(3)20-13-12-18-8-5-6-9-21(18)14-20/h5-17H,4H2,1-3H3. The molecule has 118 valence electrons. The lowest BCUT2D eigenvalue weighted by molar-refractivity contribution is 0.227. The van der Waals surface area contributed by atoms with Gasteiger partial charge in [-0.3, -0.25) is 0 Å². The monoisotopic (exact) mass is 304 g/mol. The third-order valence-corrected chi connectivity index (χ3v) is 4.60. The van der Waals surface area contributed by atoms with Gasteiger partial charge in [-0.1, -0.05) is 62.4 Å². The first-order valence-corrected chi connectivity index (χ1v) is 8.42. The maximum atomic E-state index is 6.18. The molecule has 3 rings (SSSR count). The number of hydrogen-bond donors (Lipinski definition) is 0. The van der Waals surface area contributed by atoms with Crippen LogP contribution in [-0.2, 0) is 0 Å². The summed E-state index contributed by atoms with van der Waals surface area (Å²) in [4.78, 5) is 0. The molecule has 0 amide bonds. The minimum atomic E-state index is 0.0341. The lowest BCUT2D eigenvalue weighted by atomic mass is 9.98. The Labute approximate surface area is 138 Å². The van der Waals surface area contributed by atoms with Crippen LogP contribution in [0, 0.1) is 0 Å². The molecule has 0 aliphatic rings. The second-order valence-corrected chi connectivity index (χ2v) is 6.25. The number of benzene rings is 3. The van der Waals surface area contributed by atoms with Crippen molar-refractivity contribution in [2.75, 3.05) is 0 Å². The summed E-state index contributed by atoms with van der Waals surface area (Å²) in [6, 6.07) is 23.5. The largest absolute Gasteiger partial charge is 0.486 e. The number of ether oxygens (including phenoxy) is 1. The van der Waals surface area contributed by atoms with Crippen LogP contribution < -0.4 is 4.74 Å². The second kappa shape index (κ2) is 6.87. The van der Waals surface area contributed by atoms with Crippen LogP contribution in [0.25, 0.3) is 10.8 Å². The van der Waals surface area contributed by atoms with Crippen LogP contribution in [0.15, 0.2) is 66.7 Å². The molecular formula is C22H24O. The van der Waals surface area contributed by atoms with Crippen LogP contribution in [0.2, 0.25) is 0 Å². The average Bonchev–Trinajstić information content (AvgIpc) is 2.60. The Balaban J connectivity index is 1.81. The number of rotatable bonds is 5. The molecule has 0 aromatic heterocycles. The van der Waals surface area contributed by atoms with E-state index in [1.807, 2.05) is 6.07 Å². The summed E-state index contributed by atoms with van der Waals surface area (Å²) in [5, 5.41) is 2.52. The fourth-order valence-corrected chi connectivity index (χ4v) is 2.86. The van der Waals surface area contributed by atoms with E-state index in [-0.39, 0.29) is 6.10 Å². The normalized spacial score (nSPS) is 13.7. The molecule has 3 aromatic carbocycles. The van der Waals surface area contributed by atoms with Crippen LogP contribution in [0.1, 0.15) is 50.3 Å². The van der Waals surface area contributed by atoms with Gasteiger partial charge in [0, 0.05) is 0 Å².